The number of carbonyl (C=O) groups excluding carboxylic acids is 2. The van der Waals surface area contributed by atoms with Crippen LogP contribution in [0.15, 0.2) is 34.8 Å². The molecule has 0 spiro atoms. The number of hydrogen-bond acceptors (Lipinski definition) is 5. The molecular formula is C19H19F3N4O2S2. The average Bonchev–Trinajstić information content (AvgIpc) is 3.26. The minimum absolute atomic E-state index is 0.225. The predicted octanol–water partition coefficient (Wildman–Crippen LogP) is 4.74. The maximum absolute atomic E-state index is 13.1. The lowest BCUT2D eigenvalue weighted by Crippen LogP contribution is -2.24. The van der Waals surface area contributed by atoms with Crippen molar-refractivity contribution in [3.05, 3.63) is 40.8 Å². The van der Waals surface area contributed by atoms with E-state index in [1.165, 1.54) is 23.5 Å². The Labute approximate surface area is 178 Å². The molecule has 2 aromatic heterocycles. The molecule has 30 heavy (non-hydrogen) atoms. The molecule has 3 rings (SSSR count). The van der Waals surface area contributed by atoms with E-state index in [-0.39, 0.29) is 11.5 Å². The molecule has 1 aromatic carbocycles. The van der Waals surface area contributed by atoms with Crippen LogP contribution in [0.5, 0.6) is 0 Å². The van der Waals surface area contributed by atoms with Crippen molar-refractivity contribution in [2.75, 3.05) is 5.32 Å². The number of aryl methyl sites for hydroxylation is 1. The van der Waals surface area contributed by atoms with Gasteiger partial charge in [0.1, 0.15) is 5.00 Å². The molecule has 0 aliphatic carbocycles. The Morgan fingerprint density at radius 3 is 2.70 bits per heavy atom. The Kier molecular flexibility index (Phi) is 6.41. The zero-order chi connectivity index (χ0) is 22.1. The van der Waals surface area contributed by atoms with Gasteiger partial charge in [-0.3, -0.25) is 9.59 Å². The molecule has 2 heterocycles. The van der Waals surface area contributed by atoms with Gasteiger partial charge in [-0.2, -0.15) is 13.2 Å². The average molecular weight is 457 g/mol. The van der Waals surface area contributed by atoms with Gasteiger partial charge in [-0.25, -0.2) is 4.98 Å². The van der Waals surface area contributed by atoms with Gasteiger partial charge in [-0.15, -0.1) is 11.3 Å². The van der Waals surface area contributed by atoms with E-state index in [0.717, 1.165) is 23.9 Å². The summed E-state index contributed by atoms with van der Waals surface area (Å²) in [7, 11) is 0. The summed E-state index contributed by atoms with van der Waals surface area (Å²) in [6.07, 6.45) is -3.76. The number of nitrogens with two attached hydrogens (primary N) is 1. The number of rotatable bonds is 7. The van der Waals surface area contributed by atoms with Crippen LogP contribution in [-0.4, -0.2) is 26.6 Å². The lowest BCUT2D eigenvalue weighted by molar-refractivity contribution is -0.137. The number of hydrogen-bond donors (Lipinski definition) is 2. The highest BCUT2D eigenvalue weighted by Gasteiger charge is 2.31. The molecule has 0 saturated heterocycles. The van der Waals surface area contributed by atoms with Crippen LogP contribution in [0.3, 0.4) is 0 Å². The van der Waals surface area contributed by atoms with Gasteiger partial charge < -0.3 is 15.6 Å². The fourth-order valence-corrected chi connectivity index (χ4v) is 4.58. The van der Waals surface area contributed by atoms with Crippen LogP contribution in [0.25, 0.3) is 11.0 Å². The molecule has 0 saturated carbocycles. The highest BCUT2D eigenvalue weighted by Crippen LogP contribution is 2.34. The lowest BCUT2D eigenvalue weighted by Gasteiger charge is -2.13. The molecule has 2 amide bonds. The second-order valence-electron chi connectivity index (χ2n) is 6.52. The predicted molar refractivity (Wildman–Crippen MR) is 112 cm³/mol. The molecule has 11 heteroatoms. The second-order valence-corrected chi connectivity index (χ2v) is 8.75. The molecule has 6 nitrogen and oxygen atoms in total. The number of alkyl halides is 3. The molecule has 0 aliphatic heterocycles. The van der Waals surface area contributed by atoms with Gasteiger partial charge in [-0.05, 0) is 43.0 Å². The van der Waals surface area contributed by atoms with E-state index >= 15 is 0 Å². The number of nitrogens with zero attached hydrogens (tertiary/aromatic N) is 2. The van der Waals surface area contributed by atoms with Crippen LogP contribution in [-0.2, 0) is 17.5 Å². The van der Waals surface area contributed by atoms with Crippen molar-refractivity contribution < 1.29 is 22.8 Å². The molecule has 0 bridgehead atoms. The maximum atomic E-state index is 13.1. The van der Waals surface area contributed by atoms with Crippen molar-refractivity contribution in [2.24, 2.45) is 5.73 Å². The van der Waals surface area contributed by atoms with Gasteiger partial charge in [0.2, 0.25) is 5.91 Å². The first kappa shape index (κ1) is 22.2. The number of anilines is 1. The van der Waals surface area contributed by atoms with Gasteiger partial charge in [0.05, 0.1) is 27.4 Å². The number of thioether (sulfide) groups is 1. The fourth-order valence-electron chi connectivity index (χ4n) is 2.83. The van der Waals surface area contributed by atoms with Crippen LogP contribution in [0.4, 0.5) is 18.2 Å². The van der Waals surface area contributed by atoms with Crippen molar-refractivity contribution in [3.63, 3.8) is 0 Å². The minimum atomic E-state index is -4.45. The number of amides is 2. The quantitative estimate of drug-likeness (QED) is 0.502. The third-order valence-electron chi connectivity index (χ3n) is 4.31. The van der Waals surface area contributed by atoms with E-state index in [0.29, 0.717) is 34.2 Å². The van der Waals surface area contributed by atoms with E-state index in [2.05, 4.69) is 10.3 Å². The van der Waals surface area contributed by atoms with Crippen molar-refractivity contribution in [2.45, 2.75) is 43.4 Å². The van der Waals surface area contributed by atoms with Crippen molar-refractivity contribution in [3.8, 4) is 0 Å². The molecule has 160 valence electrons. The van der Waals surface area contributed by atoms with Crippen LogP contribution >= 0.6 is 23.1 Å². The summed E-state index contributed by atoms with van der Waals surface area (Å²) in [5.41, 5.74) is 5.58. The Bertz CT molecular complexity index is 1090. The number of thiophene rings is 1. The molecule has 0 fully saturated rings. The number of imidazole rings is 1. The van der Waals surface area contributed by atoms with E-state index in [1.54, 1.807) is 16.9 Å². The minimum Gasteiger partial charge on any atom is -0.366 e. The smallest absolute Gasteiger partial charge is 0.366 e. The van der Waals surface area contributed by atoms with E-state index < -0.39 is 22.9 Å². The third-order valence-corrected chi connectivity index (χ3v) is 6.23. The summed E-state index contributed by atoms with van der Waals surface area (Å²) in [5, 5.41) is 4.53. The Morgan fingerprint density at radius 1 is 1.33 bits per heavy atom. The van der Waals surface area contributed by atoms with Gasteiger partial charge >= 0.3 is 6.18 Å². The number of primary amides is 1. The number of benzene rings is 1. The molecule has 0 aliphatic rings. The first-order valence-corrected chi connectivity index (χ1v) is 10.8. The highest BCUT2D eigenvalue weighted by atomic mass is 32.2. The van der Waals surface area contributed by atoms with Crippen LogP contribution in [0.1, 0.15) is 36.2 Å². The molecule has 1 unspecified atom stereocenters. The van der Waals surface area contributed by atoms with Gasteiger partial charge in [0.15, 0.2) is 5.16 Å². The zero-order valence-corrected chi connectivity index (χ0v) is 17.7. The summed E-state index contributed by atoms with van der Waals surface area (Å²) >= 11 is 2.32. The van der Waals surface area contributed by atoms with Crippen molar-refractivity contribution in [1.29, 1.82) is 0 Å². The summed E-state index contributed by atoms with van der Waals surface area (Å²) in [5.74, 6) is -1.01. The fraction of sp³-hybridized carbons (Fsp3) is 0.316. The maximum Gasteiger partial charge on any atom is 0.416 e. The summed E-state index contributed by atoms with van der Waals surface area (Å²) < 4.78 is 41.0. The van der Waals surface area contributed by atoms with Gasteiger partial charge in [-0.1, -0.05) is 18.7 Å². The molecule has 3 aromatic rings. The zero-order valence-electron chi connectivity index (χ0n) is 16.1. The lowest BCUT2D eigenvalue weighted by atomic mass is 10.2. The monoisotopic (exact) mass is 456 g/mol. The van der Waals surface area contributed by atoms with Crippen LogP contribution in [0, 0.1) is 0 Å². The summed E-state index contributed by atoms with van der Waals surface area (Å²) in [4.78, 5) is 28.4. The van der Waals surface area contributed by atoms with Crippen LogP contribution < -0.4 is 11.1 Å². The SMILES string of the molecule is CCCn1c(SC(C)C(=O)Nc2sccc2C(N)=O)nc2ccc(C(F)(F)F)cc21. The molecule has 0 radical (unpaired) electrons. The van der Waals surface area contributed by atoms with Crippen molar-refractivity contribution >= 4 is 50.9 Å². The number of carbonyl (C=O) groups is 2. The highest BCUT2D eigenvalue weighted by molar-refractivity contribution is 8.00. The first-order chi connectivity index (χ1) is 14.1. The standard InChI is InChI=1S/C19H19F3N4O2S2/c1-3-7-26-14-9-11(19(20,21)22)4-5-13(14)24-18(26)30-10(2)16(28)25-17-12(15(23)27)6-8-29-17/h4-6,8-10H,3,7H2,1-2H3,(H2,23,27)(H,25,28). The van der Waals surface area contributed by atoms with E-state index in [1.807, 2.05) is 6.92 Å². The number of halogens is 3. The molecule has 3 N–H and O–H groups in total. The second kappa shape index (κ2) is 8.68. The molecule has 1 atom stereocenters. The largest absolute Gasteiger partial charge is 0.416 e. The third kappa shape index (κ3) is 4.62. The van der Waals surface area contributed by atoms with Crippen LogP contribution in [0.2, 0.25) is 0 Å². The number of aromatic nitrogens is 2. The number of fused-ring (bicyclic) bond motifs is 1. The Morgan fingerprint density at radius 2 is 2.07 bits per heavy atom. The normalized spacial score (nSPS) is 12.8. The Hall–Kier alpha value is -2.53. The Balaban J connectivity index is 1.86. The number of nitrogens with one attached hydrogen (secondary N) is 1. The first-order valence-electron chi connectivity index (χ1n) is 9.04. The topological polar surface area (TPSA) is 90.0 Å². The van der Waals surface area contributed by atoms with E-state index in [4.69, 9.17) is 5.73 Å². The summed E-state index contributed by atoms with van der Waals surface area (Å²) in [6, 6.07) is 4.94. The van der Waals surface area contributed by atoms with Gasteiger partial charge in [0.25, 0.3) is 5.91 Å². The van der Waals surface area contributed by atoms with E-state index in [9.17, 15) is 22.8 Å². The molecular weight excluding hydrogens is 437 g/mol. The van der Waals surface area contributed by atoms with Gasteiger partial charge in [0, 0.05) is 6.54 Å². The van der Waals surface area contributed by atoms with Crippen molar-refractivity contribution in [1.82, 2.24) is 9.55 Å². The summed E-state index contributed by atoms with van der Waals surface area (Å²) in [6.45, 7) is 4.03.